The van der Waals surface area contributed by atoms with E-state index in [-0.39, 0.29) is 0 Å². The number of imidazole rings is 1. The zero-order chi connectivity index (χ0) is 11.7. The van der Waals surface area contributed by atoms with Crippen LogP contribution in [-0.2, 0) is 6.54 Å². The van der Waals surface area contributed by atoms with Gasteiger partial charge in [-0.05, 0) is 28.1 Å². The van der Waals surface area contributed by atoms with E-state index in [1.165, 1.54) is 0 Å². The number of hydrogen-bond donors (Lipinski definition) is 1. The molecule has 0 fully saturated rings. The van der Waals surface area contributed by atoms with Gasteiger partial charge in [-0.3, -0.25) is 0 Å². The molecule has 2 aromatic rings. The average molecular weight is 321 g/mol. The molecule has 0 amide bonds. The molecule has 0 atom stereocenters. The summed E-state index contributed by atoms with van der Waals surface area (Å²) >= 11 is 15.5. The van der Waals surface area contributed by atoms with Crippen LogP contribution in [0.1, 0.15) is 5.69 Å². The smallest absolute Gasteiger partial charge is 0.0995 e. The van der Waals surface area contributed by atoms with Gasteiger partial charge in [-0.25, -0.2) is 4.98 Å². The summed E-state index contributed by atoms with van der Waals surface area (Å²) in [4.78, 5) is 4.03. The molecule has 0 radical (unpaired) electrons. The Balaban J connectivity index is 2.61. The molecule has 3 nitrogen and oxygen atoms in total. The Labute approximate surface area is 111 Å². The Hall–Kier alpha value is -0.550. The van der Waals surface area contributed by atoms with Crippen LogP contribution in [0.25, 0.3) is 5.69 Å². The highest BCUT2D eigenvalue weighted by Gasteiger charge is 2.11. The van der Waals surface area contributed by atoms with Gasteiger partial charge in [-0.1, -0.05) is 23.2 Å². The summed E-state index contributed by atoms with van der Waals surface area (Å²) in [5, 5.41) is 0.958. The minimum atomic E-state index is 0.393. The van der Waals surface area contributed by atoms with E-state index in [1.54, 1.807) is 12.5 Å². The van der Waals surface area contributed by atoms with Crippen molar-refractivity contribution in [3.8, 4) is 5.69 Å². The van der Waals surface area contributed by atoms with Gasteiger partial charge in [-0.2, -0.15) is 0 Å². The maximum atomic E-state index is 6.17. The molecule has 0 aliphatic carbocycles. The number of halogens is 3. The first-order valence-corrected chi connectivity index (χ1v) is 6.05. The van der Waals surface area contributed by atoms with Crippen molar-refractivity contribution in [3.05, 3.63) is 44.9 Å². The van der Waals surface area contributed by atoms with Crippen LogP contribution in [0.3, 0.4) is 0 Å². The number of aromatic nitrogens is 2. The van der Waals surface area contributed by atoms with E-state index in [2.05, 4.69) is 20.9 Å². The number of benzene rings is 1. The average Bonchev–Trinajstić information content (AvgIpc) is 2.74. The molecule has 2 N–H and O–H groups in total. The fraction of sp³-hybridized carbons (Fsp3) is 0.100. The third-order valence-corrected chi connectivity index (χ3v) is 3.96. The Morgan fingerprint density at radius 3 is 2.75 bits per heavy atom. The fourth-order valence-corrected chi connectivity index (χ4v) is 2.25. The summed E-state index contributed by atoms with van der Waals surface area (Å²) < 4.78 is 2.58. The lowest BCUT2D eigenvalue weighted by molar-refractivity contribution is 0.910. The van der Waals surface area contributed by atoms with Crippen molar-refractivity contribution in [1.82, 2.24) is 9.55 Å². The Bertz CT molecular complexity index is 525. The maximum absolute atomic E-state index is 6.17. The molecule has 16 heavy (non-hydrogen) atoms. The second-order valence-corrected chi connectivity index (χ2v) is 4.76. The van der Waals surface area contributed by atoms with Crippen LogP contribution in [0.5, 0.6) is 0 Å². The molecule has 1 aromatic carbocycles. The third-order valence-electron chi connectivity index (χ3n) is 2.20. The fourth-order valence-electron chi connectivity index (χ4n) is 1.39. The van der Waals surface area contributed by atoms with E-state index in [1.807, 2.05) is 16.7 Å². The van der Waals surface area contributed by atoms with E-state index in [0.717, 1.165) is 15.9 Å². The van der Waals surface area contributed by atoms with Gasteiger partial charge < -0.3 is 10.3 Å². The largest absolute Gasteiger partial charge is 0.325 e. The van der Waals surface area contributed by atoms with Gasteiger partial charge in [0.2, 0.25) is 0 Å². The minimum absolute atomic E-state index is 0.393. The molecule has 2 rings (SSSR count). The normalized spacial score (nSPS) is 10.8. The van der Waals surface area contributed by atoms with Gasteiger partial charge in [0, 0.05) is 17.2 Å². The number of hydrogen-bond acceptors (Lipinski definition) is 2. The van der Waals surface area contributed by atoms with Crippen molar-refractivity contribution in [3.63, 3.8) is 0 Å². The Morgan fingerprint density at radius 2 is 2.06 bits per heavy atom. The van der Waals surface area contributed by atoms with E-state index >= 15 is 0 Å². The van der Waals surface area contributed by atoms with Crippen LogP contribution in [0.4, 0.5) is 0 Å². The van der Waals surface area contributed by atoms with E-state index in [9.17, 15) is 0 Å². The van der Waals surface area contributed by atoms with Crippen LogP contribution < -0.4 is 5.73 Å². The highest BCUT2D eigenvalue weighted by Crippen LogP contribution is 2.35. The molecular formula is C10H8BrCl2N3. The maximum Gasteiger partial charge on any atom is 0.0995 e. The quantitative estimate of drug-likeness (QED) is 0.862. The van der Waals surface area contributed by atoms with Crippen LogP contribution in [0.2, 0.25) is 10.0 Å². The van der Waals surface area contributed by atoms with Crippen LogP contribution in [0.15, 0.2) is 29.1 Å². The first-order valence-electron chi connectivity index (χ1n) is 4.50. The van der Waals surface area contributed by atoms with E-state index in [4.69, 9.17) is 28.9 Å². The number of rotatable bonds is 2. The van der Waals surface area contributed by atoms with Crippen molar-refractivity contribution >= 4 is 39.1 Å². The molecule has 1 aromatic heterocycles. The summed E-state index contributed by atoms with van der Waals surface area (Å²) in [6.45, 7) is 0.393. The second kappa shape index (κ2) is 4.75. The standard InChI is InChI=1S/C10H8BrCl2N3/c11-7-1-2-8(10(13)9(7)12)16-5-15-4-6(16)3-14/h1-2,4-5H,3,14H2. The molecule has 0 spiro atoms. The SMILES string of the molecule is NCc1cncn1-c1ccc(Br)c(Cl)c1Cl. The predicted molar refractivity (Wildman–Crippen MR) is 69.2 cm³/mol. The van der Waals surface area contributed by atoms with Crippen LogP contribution in [-0.4, -0.2) is 9.55 Å². The van der Waals surface area contributed by atoms with E-state index < -0.39 is 0 Å². The van der Waals surface area contributed by atoms with Crippen molar-refractivity contribution in [1.29, 1.82) is 0 Å². The lowest BCUT2D eigenvalue weighted by Gasteiger charge is -2.10. The molecule has 0 aliphatic heterocycles. The van der Waals surface area contributed by atoms with Crippen molar-refractivity contribution < 1.29 is 0 Å². The molecule has 0 saturated carbocycles. The first-order chi connectivity index (χ1) is 7.65. The summed E-state index contributed by atoms with van der Waals surface area (Å²) in [7, 11) is 0. The summed E-state index contributed by atoms with van der Waals surface area (Å²) in [5.74, 6) is 0. The van der Waals surface area contributed by atoms with Gasteiger partial charge in [0.05, 0.1) is 27.8 Å². The van der Waals surface area contributed by atoms with Gasteiger partial charge in [-0.15, -0.1) is 0 Å². The summed E-state index contributed by atoms with van der Waals surface area (Å²) in [5.41, 5.74) is 7.25. The lowest BCUT2D eigenvalue weighted by atomic mass is 10.3. The van der Waals surface area contributed by atoms with Gasteiger partial charge >= 0.3 is 0 Å². The molecule has 0 bridgehead atoms. The molecule has 84 valence electrons. The summed E-state index contributed by atoms with van der Waals surface area (Å²) in [6.07, 6.45) is 3.36. The second-order valence-electron chi connectivity index (χ2n) is 3.15. The van der Waals surface area contributed by atoms with Crippen molar-refractivity contribution in [2.75, 3.05) is 0 Å². The van der Waals surface area contributed by atoms with Crippen LogP contribution >= 0.6 is 39.1 Å². The van der Waals surface area contributed by atoms with E-state index in [0.29, 0.717) is 16.6 Å². The van der Waals surface area contributed by atoms with Crippen molar-refractivity contribution in [2.24, 2.45) is 5.73 Å². The van der Waals surface area contributed by atoms with Crippen molar-refractivity contribution in [2.45, 2.75) is 6.54 Å². The molecule has 0 saturated heterocycles. The zero-order valence-corrected chi connectivity index (χ0v) is 11.2. The minimum Gasteiger partial charge on any atom is -0.325 e. The molecule has 6 heteroatoms. The monoisotopic (exact) mass is 319 g/mol. The molecular weight excluding hydrogens is 313 g/mol. The lowest BCUT2D eigenvalue weighted by Crippen LogP contribution is -2.05. The number of nitrogens with two attached hydrogens (primary N) is 1. The molecule has 0 unspecified atom stereocenters. The topological polar surface area (TPSA) is 43.8 Å². The number of nitrogens with zero attached hydrogens (tertiary/aromatic N) is 2. The van der Waals surface area contributed by atoms with Gasteiger partial charge in [0.25, 0.3) is 0 Å². The molecule has 1 heterocycles. The van der Waals surface area contributed by atoms with Gasteiger partial charge in [0.15, 0.2) is 0 Å². The Kier molecular flexibility index (Phi) is 3.54. The first kappa shape index (κ1) is 11.9. The summed E-state index contributed by atoms with van der Waals surface area (Å²) in [6, 6.07) is 3.70. The zero-order valence-electron chi connectivity index (χ0n) is 8.12. The third kappa shape index (κ3) is 1.98. The predicted octanol–water partition coefficient (Wildman–Crippen LogP) is 3.40. The highest BCUT2D eigenvalue weighted by atomic mass is 79.9. The van der Waals surface area contributed by atoms with Gasteiger partial charge in [0.1, 0.15) is 0 Å². The Morgan fingerprint density at radius 1 is 1.31 bits per heavy atom. The van der Waals surface area contributed by atoms with Crippen LogP contribution in [0, 0.1) is 0 Å². The molecule has 0 aliphatic rings. The highest BCUT2D eigenvalue weighted by molar-refractivity contribution is 9.10.